The number of benzene rings is 1. The van der Waals surface area contributed by atoms with E-state index >= 15 is 0 Å². The molecule has 0 amide bonds. The Hall–Kier alpha value is -1.55. The maximum absolute atomic E-state index is 11.3. The number of hydrogen-bond donors (Lipinski definition) is 2. The third-order valence-electron chi connectivity index (χ3n) is 3.25. The minimum atomic E-state index is -0.291. The molecule has 1 atom stereocenters. The second-order valence-electron chi connectivity index (χ2n) is 4.59. The zero-order chi connectivity index (χ0) is 14.8. The summed E-state index contributed by atoms with van der Waals surface area (Å²) in [5, 5.41) is 6.91. The summed E-state index contributed by atoms with van der Waals surface area (Å²) in [5.74, 6) is -0.291. The van der Waals surface area contributed by atoms with Crippen LogP contribution in [0.4, 0.5) is 5.69 Å². The molecule has 20 heavy (non-hydrogen) atoms. The normalized spacial score (nSPS) is 18.2. The molecule has 1 unspecified atom stereocenters. The zero-order valence-corrected chi connectivity index (χ0v) is 12.7. The highest BCUT2D eigenvalue weighted by atomic mass is 16.5. The van der Waals surface area contributed by atoms with Gasteiger partial charge in [0.1, 0.15) is 0 Å². The number of methoxy groups -OCH3 is 1. The first kappa shape index (κ1) is 16.5. The number of ether oxygens (including phenoxy) is 1. The lowest BCUT2D eigenvalue weighted by atomic mass is 10.1. The zero-order valence-electron chi connectivity index (χ0n) is 12.7. The van der Waals surface area contributed by atoms with E-state index in [1.165, 1.54) is 20.0 Å². The van der Waals surface area contributed by atoms with Crippen LogP contribution < -0.4 is 10.6 Å². The summed E-state index contributed by atoms with van der Waals surface area (Å²) in [6, 6.07) is 7.98. The SMILES string of the molecule is CC.COC(=O)c1ccc(NC2CCCNCC2)cc1. The van der Waals surface area contributed by atoms with E-state index in [1.54, 1.807) is 12.1 Å². The molecule has 0 saturated carbocycles. The molecule has 2 N–H and O–H groups in total. The largest absolute Gasteiger partial charge is 0.465 e. The lowest BCUT2D eigenvalue weighted by Gasteiger charge is -2.17. The van der Waals surface area contributed by atoms with Crippen LogP contribution in [0.25, 0.3) is 0 Å². The summed E-state index contributed by atoms with van der Waals surface area (Å²) < 4.78 is 4.68. The van der Waals surface area contributed by atoms with E-state index < -0.39 is 0 Å². The number of esters is 1. The Kier molecular flexibility index (Phi) is 7.73. The minimum Gasteiger partial charge on any atom is -0.465 e. The van der Waals surface area contributed by atoms with Crippen LogP contribution in [0, 0.1) is 0 Å². The van der Waals surface area contributed by atoms with Crippen molar-refractivity contribution in [2.75, 3.05) is 25.5 Å². The van der Waals surface area contributed by atoms with Gasteiger partial charge in [0.05, 0.1) is 12.7 Å². The van der Waals surface area contributed by atoms with Gasteiger partial charge < -0.3 is 15.4 Å². The molecule has 0 radical (unpaired) electrons. The maximum atomic E-state index is 11.3. The van der Waals surface area contributed by atoms with Crippen LogP contribution >= 0.6 is 0 Å². The summed E-state index contributed by atoms with van der Waals surface area (Å²) in [6.07, 6.45) is 3.53. The molecule has 1 aromatic rings. The number of nitrogens with one attached hydrogen (secondary N) is 2. The molecule has 1 fully saturated rings. The van der Waals surface area contributed by atoms with Crippen molar-refractivity contribution in [3.8, 4) is 0 Å². The summed E-state index contributed by atoms with van der Waals surface area (Å²) in [4.78, 5) is 11.3. The highest BCUT2D eigenvalue weighted by molar-refractivity contribution is 5.89. The Morgan fingerprint density at radius 2 is 1.90 bits per heavy atom. The molecule has 0 spiro atoms. The average molecular weight is 278 g/mol. The van der Waals surface area contributed by atoms with E-state index in [4.69, 9.17) is 0 Å². The topological polar surface area (TPSA) is 50.4 Å². The monoisotopic (exact) mass is 278 g/mol. The fourth-order valence-electron chi connectivity index (χ4n) is 2.22. The van der Waals surface area contributed by atoms with Gasteiger partial charge >= 0.3 is 5.97 Å². The van der Waals surface area contributed by atoms with Crippen molar-refractivity contribution >= 4 is 11.7 Å². The van der Waals surface area contributed by atoms with Crippen LogP contribution in [0.15, 0.2) is 24.3 Å². The van der Waals surface area contributed by atoms with Crippen molar-refractivity contribution in [1.29, 1.82) is 0 Å². The third kappa shape index (κ3) is 5.21. The molecule has 112 valence electrons. The summed E-state index contributed by atoms with van der Waals surface area (Å²) >= 11 is 0. The molecule has 2 rings (SSSR count). The highest BCUT2D eigenvalue weighted by Crippen LogP contribution is 2.15. The van der Waals surface area contributed by atoms with Gasteiger partial charge in [-0.05, 0) is 56.6 Å². The van der Waals surface area contributed by atoms with E-state index in [2.05, 4.69) is 15.4 Å². The van der Waals surface area contributed by atoms with E-state index in [0.29, 0.717) is 11.6 Å². The molecule has 0 aliphatic carbocycles. The quantitative estimate of drug-likeness (QED) is 0.834. The summed E-state index contributed by atoms with van der Waals surface area (Å²) in [5.41, 5.74) is 1.65. The molecule has 0 bridgehead atoms. The van der Waals surface area contributed by atoms with E-state index in [0.717, 1.165) is 25.2 Å². The first-order valence-corrected chi connectivity index (χ1v) is 7.45. The number of rotatable bonds is 3. The van der Waals surface area contributed by atoms with Crippen LogP contribution in [0.1, 0.15) is 43.5 Å². The van der Waals surface area contributed by atoms with Gasteiger partial charge in [0.2, 0.25) is 0 Å². The maximum Gasteiger partial charge on any atom is 0.337 e. The van der Waals surface area contributed by atoms with Gasteiger partial charge in [0.15, 0.2) is 0 Å². The van der Waals surface area contributed by atoms with Crippen molar-refractivity contribution < 1.29 is 9.53 Å². The Labute approximate surface area is 121 Å². The van der Waals surface area contributed by atoms with Crippen molar-refractivity contribution in [2.45, 2.75) is 39.2 Å². The number of hydrogen-bond acceptors (Lipinski definition) is 4. The molecule has 4 nitrogen and oxygen atoms in total. The fourth-order valence-corrected chi connectivity index (χ4v) is 2.22. The molecule has 1 aliphatic rings. The molecule has 4 heteroatoms. The Bertz CT molecular complexity index is 382. The van der Waals surface area contributed by atoms with Crippen LogP contribution in [0.5, 0.6) is 0 Å². The van der Waals surface area contributed by atoms with E-state index in [9.17, 15) is 4.79 Å². The first-order valence-electron chi connectivity index (χ1n) is 7.45. The van der Waals surface area contributed by atoms with Crippen molar-refractivity contribution in [3.63, 3.8) is 0 Å². The molecule has 1 aliphatic heterocycles. The van der Waals surface area contributed by atoms with Gasteiger partial charge in [0.25, 0.3) is 0 Å². The van der Waals surface area contributed by atoms with Crippen LogP contribution in [-0.4, -0.2) is 32.2 Å². The average Bonchev–Trinajstić information content (AvgIpc) is 2.78. The number of carbonyl (C=O) groups is 1. The first-order chi connectivity index (χ1) is 9.79. The van der Waals surface area contributed by atoms with Crippen molar-refractivity contribution in [2.24, 2.45) is 0 Å². The van der Waals surface area contributed by atoms with Gasteiger partial charge in [0, 0.05) is 11.7 Å². The van der Waals surface area contributed by atoms with E-state index in [1.807, 2.05) is 26.0 Å². The van der Waals surface area contributed by atoms with Gasteiger partial charge in [-0.1, -0.05) is 13.8 Å². The minimum absolute atomic E-state index is 0.291. The summed E-state index contributed by atoms with van der Waals surface area (Å²) in [6.45, 7) is 6.18. The Balaban J connectivity index is 0.000000956. The van der Waals surface area contributed by atoms with Gasteiger partial charge in [-0.3, -0.25) is 0 Å². The third-order valence-corrected chi connectivity index (χ3v) is 3.25. The molecular weight excluding hydrogens is 252 g/mol. The van der Waals surface area contributed by atoms with Crippen LogP contribution in [-0.2, 0) is 4.74 Å². The highest BCUT2D eigenvalue weighted by Gasteiger charge is 2.11. The lowest BCUT2D eigenvalue weighted by Crippen LogP contribution is -2.21. The molecule has 1 aromatic carbocycles. The molecular formula is C16H26N2O2. The van der Waals surface area contributed by atoms with Gasteiger partial charge in [-0.25, -0.2) is 4.79 Å². The van der Waals surface area contributed by atoms with Crippen LogP contribution in [0.2, 0.25) is 0 Å². The standard InChI is InChI=1S/C14H20N2O2.C2H6/c1-18-14(17)11-4-6-13(7-5-11)16-12-3-2-9-15-10-8-12;1-2/h4-7,12,15-16H,2-3,8-10H2,1H3;1-2H3. The predicted octanol–water partition coefficient (Wildman–Crippen LogP) is 3.05. The van der Waals surface area contributed by atoms with Crippen molar-refractivity contribution in [1.82, 2.24) is 5.32 Å². The number of carbonyl (C=O) groups excluding carboxylic acids is 1. The summed E-state index contributed by atoms with van der Waals surface area (Å²) in [7, 11) is 1.40. The Morgan fingerprint density at radius 1 is 1.20 bits per heavy atom. The number of anilines is 1. The predicted molar refractivity (Wildman–Crippen MR) is 83.3 cm³/mol. The van der Waals surface area contributed by atoms with E-state index in [-0.39, 0.29) is 5.97 Å². The molecule has 1 saturated heterocycles. The fraction of sp³-hybridized carbons (Fsp3) is 0.562. The van der Waals surface area contributed by atoms with Crippen molar-refractivity contribution in [3.05, 3.63) is 29.8 Å². The second-order valence-corrected chi connectivity index (χ2v) is 4.59. The van der Waals surface area contributed by atoms with Crippen LogP contribution in [0.3, 0.4) is 0 Å². The lowest BCUT2D eigenvalue weighted by molar-refractivity contribution is 0.0601. The molecule has 0 aromatic heterocycles. The molecule has 1 heterocycles. The van der Waals surface area contributed by atoms with Gasteiger partial charge in [-0.15, -0.1) is 0 Å². The Morgan fingerprint density at radius 3 is 2.55 bits per heavy atom. The van der Waals surface area contributed by atoms with Gasteiger partial charge in [-0.2, -0.15) is 0 Å². The smallest absolute Gasteiger partial charge is 0.337 e. The second kappa shape index (κ2) is 9.37.